The van der Waals surface area contributed by atoms with Gasteiger partial charge in [-0.1, -0.05) is 29.2 Å². The quantitative estimate of drug-likeness (QED) is 0.376. The fourth-order valence-electron chi connectivity index (χ4n) is 5.07. The Bertz CT molecular complexity index is 1480. The molecule has 0 spiro atoms. The summed E-state index contributed by atoms with van der Waals surface area (Å²) in [6.45, 7) is 1.70. The van der Waals surface area contributed by atoms with Crippen molar-refractivity contribution in [2.45, 2.75) is 45.1 Å². The van der Waals surface area contributed by atoms with Crippen LogP contribution in [0.5, 0.6) is 0 Å². The summed E-state index contributed by atoms with van der Waals surface area (Å²) in [4.78, 5) is 26.1. The number of benzene rings is 2. The third kappa shape index (κ3) is 3.96. The predicted octanol–water partition coefficient (Wildman–Crippen LogP) is 6.14. The van der Waals surface area contributed by atoms with Crippen LogP contribution in [0.15, 0.2) is 45.7 Å². The largest absolute Gasteiger partial charge is 0.360 e. The fourth-order valence-corrected chi connectivity index (χ4v) is 5.32. The molecule has 9 heteroatoms. The molecular formula is C25H22ClF2N3O3. The van der Waals surface area contributed by atoms with Crippen molar-refractivity contribution in [2.24, 2.45) is 5.92 Å². The number of halogens is 3. The van der Waals surface area contributed by atoms with Gasteiger partial charge in [-0.25, -0.2) is 8.78 Å². The first-order chi connectivity index (χ1) is 16.3. The number of fused-ring (bicyclic) bond motifs is 3. The second-order valence-electron chi connectivity index (χ2n) is 8.84. The number of hydrogen-bond donors (Lipinski definition) is 1. The van der Waals surface area contributed by atoms with E-state index in [-0.39, 0.29) is 35.5 Å². The zero-order valence-corrected chi connectivity index (χ0v) is 19.2. The lowest BCUT2D eigenvalue weighted by Gasteiger charge is -2.31. The zero-order valence-electron chi connectivity index (χ0n) is 18.4. The average molecular weight is 486 g/mol. The predicted molar refractivity (Wildman–Crippen MR) is 126 cm³/mol. The van der Waals surface area contributed by atoms with Gasteiger partial charge in [0.1, 0.15) is 16.7 Å². The Morgan fingerprint density at radius 1 is 1.21 bits per heavy atom. The van der Waals surface area contributed by atoms with Crippen LogP contribution in [-0.4, -0.2) is 15.6 Å². The van der Waals surface area contributed by atoms with Crippen LogP contribution >= 0.6 is 11.6 Å². The Labute approximate surface area is 198 Å². The monoisotopic (exact) mass is 485 g/mol. The molecule has 2 atom stereocenters. The van der Waals surface area contributed by atoms with Crippen molar-refractivity contribution in [3.8, 4) is 0 Å². The van der Waals surface area contributed by atoms with E-state index in [9.17, 15) is 18.4 Å². The Morgan fingerprint density at radius 2 is 2.03 bits per heavy atom. The van der Waals surface area contributed by atoms with Crippen LogP contribution < -0.4 is 10.9 Å². The summed E-state index contributed by atoms with van der Waals surface area (Å²) in [6.07, 6.45) is 3.32. The van der Waals surface area contributed by atoms with Gasteiger partial charge >= 0.3 is 0 Å². The maximum Gasteiger partial charge on any atom is 0.264 e. The van der Waals surface area contributed by atoms with Gasteiger partial charge < -0.3 is 14.4 Å². The Kier molecular flexibility index (Phi) is 5.85. The van der Waals surface area contributed by atoms with Crippen LogP contribution in [0.25, 0.3) is 21.8 Å². The Hall–Kier alpha value is -3.26. The summed E-state index contributed by atoms with van der Waals surface area (Å²) < 4.78 is 33.7. The summed E-state index contributed by atoms with van der Waals surface area (Å²) in [5, 5.41) is 8.30. The van der Waals surface area contributed by atoms with E-state index in [4.69, 9.17) is 16.1 Å². The van der Waals surface area contributed by atoms with Crippen LogP contribution in [0.1, 0.15) is 43.9 Å². The van der Waals surface area contributed by atoms with E-state index >= 15 is 0 Å². The number of rotatable bonds is 4. The van der Waals surface area contributed by atoms with Gasteiger partial charge in [-0.15, -0.1) is 0 Å². The highest BCUT2D eigenvalue weighted by Gasteiger charge is 2.29. The maximum atomic E-state index is 13.5. The summed E-state index contributed by atoms with van der Waals surface area (Å²) in [6, 6.07) is 8.55. The van der Waals surface area contributed by atoms with E-state index in [2.05, 4.69) is 10.5 Å². The third-order valence-electron chi connectivity index (χ3n) is 6.58. The van der Waals surface area contributed by atoms with Crippen LogP contribution in [0.3, 0.4) is 0 Å². The molecule has 1 amide bonds. The number of aryl methyl sites for hydroxylation is 1. The lowest BCUT2D eigenvalue weighted by molar-refractivity contribution is -0.117. The van der Waals surface area contributed by atoms with Gasteiger partial charge in [-0.05, 0) is 56.4 Å². The number of nitrogens with one attached hydrogen (secondary N) is 1. The number of anilines is 1. The van der Waals surface area contributed by atoms with Gasteiger partial charge in [-0.3, -0.25) is 9.59 Å². The molecule has 1 N–H and O–H groups in total. The molecule has 0 radical (unpaired) electrons. The molecule has 0 unspecified atom stereocenters. The summed E-state index contributed by atoms with van der Waals surface area (Å²) in [5.41, 5.74) is 1.18. The van der Waals surface area contributed by atoms with Crippen molar-refractivity contribution >= 4 is 45.0 Å². The summed E-state index contributed by atoms with van der Waals surface area (Å²) in [7, 11) is 0. The molecule has 2 aromatic heterocycles. The number of carbonyl (C=O) groups is 1. The van der Waals surface area contributed by atoms with Gasteiger partial charge in [0.25, 0.3) is 5.56 Å². The lowest BCUT2D eigenvalue weighted by Crippen LogP contribution is -2.30. The number of aromatic nitrogens is 2. The third-order valence-corrected chi connectivity index (χ3v) is 6.90. The van der Waals surface area contributed by atoms with E-state index < -0.39 is 11.6 Å². The molecule has 4 aromatic rings. The summed E-state index contributed by atoms with van der Waals surface area (Å²) >= 11 is 6.50. The van der Waals surface area contributed by atoms with E-state index in [0.29, 0.717) is 39.0 Å². The molecule has 5 rings (SSSR count). The number of hydrogen-bond acceptors (Lipinski definition) is 4. The topological polar surface area (TPSA) is 77.1 Å². The molecule has 2 aromatic carbocycles. The first-order valence-electron chi connectivity index (χ1n) is 11.2. The smallest absolute Gasteiger partial charge is 0.264 e. The van der Waals surface area contributed by atoms with Crippen LogP contribution in [0.2, 0.25) is 5.02 Å². The molecule has 0 saturated heterocycles. The second kappa shape index (κ2) is 8.83. The molecule has 0 aliphatic heterocycles. The van der Waals surface area contributed by atoms with Crippen LogP contribution in [-0.2, 0) is 4.79 Å². The fraction of sp³-hybridized carbons (Fsp3) is 0.320. The van der Waals surface area contributed by atoms with Crippen molar-refractivity contribution in [1.29, 1.82) is 0 Å². The van der Waals surface area contributed by atoms with Gasteiger partial charge in [0, 0.05) is 29.6 Å². The molecule has 0 bridgehead atoms. The molecule has 1 aliphatic rings. The van der Waals surface area contributed by atoms with Crippen molar-refractivity contribution in [2.75, 3.05) is 5.32 Å². The van der Waals surface area contributed by atoms with Crippen molar-refractivity contribution in [1.82, 2.24) is 9.72 Å². The van der Waals surface area contributed by atoms with Crippen LogP contribution in [0, 0.1) is 24.5 Å². The van der Waals surface area contributed by atoms with Gasteiger partial charge in [0.15, 0.2) is 11.6 Å². The standard InChI is InChI=1S/C25H22ClF2N3O3/c1-13-22-24(30-34-13)23-17(26)6-3-7-20(23)31(25(22)33)16-5-2-4-14(10-16)11-21(32)29-15-8-9-18(27)19(28)12-15/h3,6-9,12,14,16H,2,4-5,10-11H2,1H3,(H,29,32)/t14-,16+/m1/s1. The van der Waals surface area contributed by atoms with Crippen molar-refractivity contribution in [3.63, 3.8) is 0 Å². The van der Waals surface area contributed by atoms with Gasteiger partial charge in [0.05, 0.1) is 10.5 Å². The number of carbonyl (C=O) groups excluding carboxylic acids is 1. The molecule has 6 nitrogen and oxygen atoms in total. The highest BCUT2D eigenvalue weighted by Crippen LogP contribution is 2.38. The van der Waals surface area contributed by atoms with Crippen LogP contribution in [0.4, 0.5) is 14.5 Å². The molecule has 1 saturated carbocycles. The molecule has 2 heterocycles. The average Bonchev–Trinajstić information content (AvgIpc) is 3.18. The first-order valence-corrected chi connectivity index (χ1v) is 11.5. The van der Waals surface area contributed by atoms with Gasteiger partial charge in [0.2, 0.25) is 5.91 Å². The molecule has 176 valence electrons. The van der Waals surface area contributed by atoms with Crippen molar-refractivity contribution < 1.29 is 18.1 Å². The number of nitrogens with zero attached hydrogens (tertiary/aromatic N) is 2. The maximum absolute atomic E-state index is 13.5. The van der Waals surface area contributed by atoms with E-state index in [0.717, 1.165) is 31.4 Å². The number of amides is 1. The van der Waals surface area contributed by atoms with E-state index in [1.807, 2.05) is 6.07 Å². The molecule has 34 heavy (non-hydrogen) atoms. The van der Waals surface area contributed by atoms with E-state index in [1.54, 1.807) is 23.6 Å². The second-order valence-corrected chi connectivity index (χ2v) is 9.25. The number of pyridine rings is 1. The highest BCUT2D eigenvalue weighted by atomic mass is 35.5. The van der Waals surface area contributed by atoms with E-state index in [1.165, 1.54) is 6.07 Å². The minimum Gasteiger partial charge on any atom is -0.360 e. The first kappa shape index (κ1) is 22.5. The molecule has 1 aliphatic carbocycles. The molecule has 1 fully saturated rings. The SMILES string of the molecule is Cc1onc2c1c(=O)n([C@H]1CCC[C@@H](CC(=O)Nc3ccc(F)c(F)c3)C1)c1cccc(Cl)c21. The summed E-state index contributed by atoms with van der Waals surface area (Å²) in [5.74, 6) is -1.79. The normalized spacial score (nSPS) is 18.5. The Morgan fingerprint density at radius 3 is 2.82 bits per heavy atom. The highest BCUT2D eigenvalue weighted by molar-refractivity contribution is 6.37. The van der Waals surface area contributed by atoms with Gasteiger partial charge in [-0.2, -0.15) is 0 Å². The molecular weight excluding hydrogens is 464 g/mol. The minimum atomic E-state index is -1.01. The minimum absolute atomic E-state index is 0.0319. The van der Waals surface area contributed by atoms with Crippen molar-refractivity contribution in [3.05, 3.63) is 69.2 Å². The zero-order chi connectivity index (χ0) is 24.0. The Balaban J connectivity index is 1.44. The lowest BCUT2D eigenvalue weighted by atomic mass is 9.83.